The fourth-order valence-electron chi connectivity index (χ4n) is 3.05. The predicted molar refractivity (Wildman–Crippen MR) is 117 cm³/mol. The van der Waals surface area contributed by atoms with Crippen LogP contribution in [0.4, 0.5) is 10.5 Å². The number of piperazine rings is 1. The third kappa shape index (κ3) is 5.58. The van der Waals surface area contributed by atoms with E-state index in [4.69, 9.17) is 16.3 Å². The molecule has 0 radical (unpaired) electrons. The van der Waals surface area contributed by atoms with Crippen LogP contribution in [-0.2, 0) is 4.74 Å². The molecule has 1 aliphatic heterocycles. The van der Waals surface area contributed by atoms with Crippen LogP contribution in [0.25, 0.3) is 0 Å². The van der Waals surface area contributed by atoms with Crippen molar-refractivity contribution in [3.05, 3.63) is 53.1 Å². The van der Waals surface area contributed by atoms with Crippen molar-refractivity contribution in [1.82, 2.24) is 4.90 Å². The van der Waals surface area contributed by atoms with E-state index in [0.29, 0.717) is 13.1 Å². The molecule has 28 heavy (non-hydrogen) atoms. The first-order valence-corrected chi connectivity index (χ1v) is 10.7. The summed E-state index contributed by atoms with van der Waals surface area (Å²) >= 11 is 7.74. The summed E-state index contributed by atoms with van der Waals surface area (Å²) in [6.45, 7) is 10.7. The zero-order valence-electron chi connectivity index (χ0n) is 16.9. The number of ether oxygens (including phenoxy) is 1. The normalized spacial score (nSPS) is 14.9. The quantitative estimate of drug-likeness (QED) is 0.625. The Morgan fingerprint density at radius 1 is 1.04 bits per heavy atom. The van der Waals surface area contributed by atoms with Crippen LogP contribution >= 0.6 is 23.4 Å². The van der Waals surface area contributed by atoms with Gasteiger partial charge in [-0.05, 0) is 69.7 Å². The van der Waals surface area contributed by atoms with Crippen LogP contribution in [0.5, 0.6) is 0 Å². The van der Waals surface area contributed by atoms with Gasteiger partial charge in [0.15, 0.2) is 0 Å². The molecule has 4 nitrogen and oxygen atoms in total. The Bertz CT molecular complexity index is 825. The average Bonchev–Trinajstić information content (AvgIpc) is 2.64. The lowest BCUT2D eigenvalue weighted by Gasteiger charge is -2.37. The van der Waals surface area contributed by atoms with Gasteiger partial charge in [0, 0.05) is 41.0 Å². The van der Waals surface area contributed by atoms with Crippen molar-refractivity contribution < 1.29 is 9.53 Å². The van der Waals surface area contributed by atoms with Crippen LogP contribution in [-0.4, -0.2) is 42.8 Å². The Kier molecular flexibility index (Phi) is 6.46. The second-order valence-electron chi connectivity index (χ2n) is 7.98. The molecule has 2 aromatic rings. The molecule has 6 heteroatoms. The molecule has 2 aromatic carbocycles. The van der Waals surface area contributed by atoms with Gasteiger partial charge in [0.25, 0.3) is 0 Å². The van der Waals surface area contributed by atoms with Crippen molar-refractivity contribution in [1.29, 1.82) is 0 Å². The molecule has 0 bridgehead atoms. The molecule has 1 heterocycles. The average molecular weight is 419 g/mol. The highest BCUT2D eigenvalue weighted by Gasteiger charge is 2.26. The summed E-state index contributed by atoms with van der Waals surface area (Å²) in [7, 11) is 0. The summed E-state index contributed by atoms with van der Waals surface area (Å²) in [4.78, 5) is 18.8. The Balaban J connectivity index is 1.71. The lowest BCUT2D eigenvalue weighted by atomic mass is 10.2. The van der Waals surface area contributed by atoms with Crippen molar-refractivity contribution in [3.63, 3.8) is 0 Å². The van der Waals surface area contributed by atoms with Crippen LogP contribution < -0.4 is 4.90 Å². The minimum Gasteiger partial charge on any atom is -0.444 e. The number of carbonyl (C=O) groups excluding carboxylic acids is 1. The molecular formula is C22H27ClN2O2S. The number of halogens is 1. The number of hydrogen-bond acceptors (Lipinski definition) is 4. The fraction of sp³-hybridized carbons (Fsp3) is 0.409. The number of hydrogen-bond donors (Lipinski definition) is 0. The predicted octanol–water partition coefficient (Wildman–Crippen LogP) is 5.86. The molecule has 1 aliphatic rings. The van der Waals surface area contributed by atoms with E-state index >= 15 is 0 Å². The van der Waals surface area contributed by atoms with Crippen LogP contribution in [0, 0.1) is 6.92 Å². The summed E-state index contributed by atoms with van der Waals surface area (Å²) in [6, 6.07) is 14.4. The van der Waals surface area contributed by atoms with E-state index in [2.05, 4.69) is 30.0 Å². The molecule has 1 fully saturated rings. The molecule has 0 aliphatic carbocycles. The number of aryl methyl sites for hydroxylation is 1. The molecule has 150 valence electrons. The van der Waals surface area contributed by atoms with Gasteiger partial charge in [-0.3, -0.25) is 0 Å². The summed E-state index contributed by atoms with van der Waals surface area (Å²) < 4.78 is 5.50. The van der Waals surface area contributed by atoms with Crippen molar-refractivity contribution in [2.75, 3.05) is 31.1 Å². The monoisotopic (exact) mass is 418 g/mol. The third-order valence-electron chi connectivity index (χ3n) is 4.43. The molecule has 1 saturated heterocycles. The van der Waals surface area contributed by atoms with Gasteiger partial charge < -0.3 is 14.5 Å². The standard InChI is InChI=1S/C22H27ClN2O2S/c1-16-5-10-20(28-18-8-6-17(23)7-9-18)19(15-16)24-11-13-25(14-12-24)21(26)27-22(2,3)4/h5-10,15H,11-14H2,1-4H3. The van der Waals surface area contributed by atoms with Gasteiger partial charge in [-0.1, -0.05) is 29.4 Å². The maximum absolute atomic E-state index is 12.3. The zero-order valence-corrected chi connectivity index (χ0v) is 18.4. The van der Waals surface area contributed by atoms with Gasteiger partial charge in [-0.15, -0.1) is 0 Å². The van der Waals surface area contributed by atoms with E-state index < -0.39 is 5.60 Å². The van der Waals surface area contributed by atoms with Gasteiger partial charge in [-0.25, -0.2) is 4.79 Å². The minimum absolute atomic E-state index is 0.229. The topological polar surface area (TPSA) is 32.8 Å². The highest BCUT2D eigenvalue weighted by molar-refractivity contribution is 7.99. The van der Waals surface area contributed by atoms with Crippen molar-refractivity contribution >= 4 is 35.1 Å². The van der Waals surface area contributed by atoms with Crippen molar-refractivity contribution in [3.8, 4) is 0 Å². The highest BCUT2D eigenvalue weighted by atomic mass is 35.5. The molecule has 0 N–H and O–H groups in total. The first-order valence-electron chi connectivity index (χ1n) is 9.48. The van der Waals surface area contributed by atoms with Crippen LogP contribution in [0.3, 0.4) is 0 Å². The number of carbonyl (C=O) groups is 1. The van der Waals surface area contributed by atoms with Crippen LogP contribution in [0.1, 0.15) is 26.3 Å². The first-order chi connectivity index (χ1) is 13.2. The minimum atomic E-state index is -0.465. The Morgan fingerprint density at radius 3 is 2.29 bits per heavy atom. The van der Waals surface area contributed by atoms with Crippen LogP contribution in [0.15, 0.2) is 52.3 Å². The molecular weight excluding hydrogens is 392 g/mol. The third-order valence-corrected chi connectivity index (χ3v) is 5.75. The van der Waals surface area contributed by atoms with Gasteiger partial charge in [-0.2, -0.15) is 0 Å². The summed E-state index contributed by atoms with van der Waals surface area (Å²) in [5.74, 6) is 0. The summed E-state index contributed by atoms with van der Waals surface area (Å²) in [5.41, 5.74) is 1.97. The Morgan fingerprint density at radius 2 is 1.68 bits per heavy atom. The van der Waals surface area contributed by atoms with Gasteiger partial charge in [0.05, 0.1) is 5.69 Å². The van der Waals surface area contributed by atoms with E-state index in [0.717, 1.165) is 23.0 Å². The van der Waals surface area contributed by atoms with E-state index in [1.54, 1.807) is 16.7 Å². The Hall–Kier alpha value is -1.85. The number of anilines is 1. The first kappa shape index (κ1) is 20.9. The number of amides is 1. The van der Waals surface area contributed by atoms with E-state index in [1.807, 2.05) is 45.0 Å². The zero-order chi connectivity index (χ0) is 20.3. The van der Waals surface area contributed by atoms with Gasteiger partial charge >= 0.3 is 6.09 Å². The maximum atomic E-state index is 12.3. The molecule has 1 amide bonds. The second kappa shape index (κ2) is 8.66. The maximum Gasteiger partial charge on any atom is 0.410 e. The molecule has 0 aromatic heterocycles. The number of nitrogens with zero attached hydrogens (tertiary/aromatic N) is 2. The molecule has 0 atom stereocenters. The molecule has 0 unspecified atom stereocenters. The highest BCUT2D eigenvalue weighted by Crippen LogP contribution is 2.37. The van der Waals surface area contributed by atoms with Gasteiger partial charge in [0.1, 0.15) is 5.60 Å². The van der Waals surface area contributed by atoms with E-state index in [1.165, 1.54) is 16.1 Å². The summed E-state index contributed by atoms with van der Waals surface area (Å²) in [5, 5.41) is 0.742. The largest absolute Gasteiger partial charge is 0.444 e. The lowest BCUT2D eigenvalue weighted by molar-refractivity contribution is 0.0240. The Labute approximate surface area is 176 Å². The van der Waals surface area contributed by atoms with E-state index in [9.17, 15) is 4.79 Å². The number of rotatable bonds is 3. The number of benzene rings is 2. The SMILES string of the molecule is Cc1ccc(Sc2ccc(Cl)cc2)c(N2CCN(C(=O)OC(C)(C)C)CC2)c1. The van der Waals surface area contributed by atoms with Crippen LogP contribution in [0.2, 0.25) is 5.02 Å². The van der Waals surface area contributed by atoms with Crippen molar-refractivity contribution in [2.24, 2.45) is 0 Å². The molecule has 0 spiro atoms. The smallest absolute Gasteiger partial charge is 0.410 e. The fourth-order valence-corrected chi connectivity index (χ4v) is 4.13. The van der Waals surface area contributed by atoms with Crippen molar-refractivity contribution in [2.45, 2.75) is 43.1 Å². The second-order valence-corrected chi connectivity index (χ2v) is 9.53. The molecule has 3 rings (SSSR count). The van der Waals surface area contributed by atoms with E-state index in [-0.39, 0.29) is 6.09 Å². The molecule has 0 saturated carbocycles. The van der Waals surface area contributed by atoms with Gasteiger partial charge in [0.2, 0.25) is 0 Å². The summed E-state index contributed by atoms with van der Waals surface area (Å²) in [6.07, 6.45) is -0.229. The lowest BCUT2D eigenvalue weighted by Crippen LogP contribution is -2.50.